The largest absolute Gasteiger partial charge is 0.379 e. The Bertz CT molecular complexity index is 1110. The van der Waals surface area contributed by atoms with Crippen molar-refractivity contribution in [2.75, 3.05) is 44.3 Å². The normalized spacial score (nSPS) is 20.1. The Morgan fingerprint density at radius 1 is 1.10 bits per heavy atom. The van der Waals surface area contributed by atoms with Crippen molar-refractivity contribution in [3.8, 4) is 0 Å². The van der Waals surface area contributed by atoms with Gasteiger partial charge in [-0.2, -0.15) is 0 Å². The molecule has 3 aromatic rings. The molecule has 0 N–H and O–H groups in total. The Labute approximate surface area is 187 Å². The summed E-state index contributed by atoms with van der Waals surface area (Å²) in [5, 5.41) is 0.687. The molecule has 7 heteroatoms. The van der Waals surface area contributed by atoms with E-state index in [2.05, 4.69) is 27.7 Å². The number of anilines is 1. The van der Waals surface area contributed by atoms with E-state index >= 15 is 0 Å². The molecular weight excluding hydrogens is 412 g/mol. The van der Waals surface area contributed by atoms with E-state index < -0.39 is 0 Å². The molecule has 0 spiro atoms. The Hall–Kier alpha value is -2.41. The van der Waals surface area contributed by atoms with Gasteiger partial charge in [-0.1, -0.05) is 29.8 Å². The van der Waals surface area contributed by atoms with Gasteiger partial charge >= 0.3 is 0 Å². The van der Waals surface area contributed by atoms with Gasteiger partial charge in [0.15, 0.2) is 0 Å². The van der Waals surface area contributed by atoms with Crippen molar-refractivity contribution >= 4 is 34.2 Å². The molecule has 1 amide bonds. The van der Waals surface area contributed by atoms with Crippen molar-refractivity contribution in [3.05, 3.63) is 58.9 Å². The van der Waals surface area contributed by atoms with Gasteiger partial charge in [0.2, 0.25) is 5.91 Å². The number of para-hydroxylation sites is 2. The van der Waals surface area contributed by atoms with E-state index in [1.807, 2.05) is 36.1 Å². The zero-order valence-corrected chi connectivity index (χ0v) is 18.5. The molecule has 162 valence electrons. The van der Waals surface area contributed by atoms with E-state index in [0.29, 0.717) is 18.0 Å². The summed E-state index contributed by atoms with van der Waals surface area (Å²) in [5.74, 6) is 1.19. The van der Waals surface area contributed by atoms with Crippen LogP contribution in [0.3, 0.4) is 0 Å². The molecule has 1 atom stereocenters. The van der Waals surface area contributed by atoms with Crippen molar-refractivity contribution in [3.63, 3.8) is 0 Å². The number of morpholine rings is 1. The number of aromatic nitrogens is 2. The van der Waals surface area contributed by atoms with Gasteiger partial charge in [0.25, 0.3) is 0 Å². The van der Waals surface area contributed by atoms with E-state index in [4.69, 9.17) is 21.3 Å². The topological polar surface area (TPSA) is 50.6 Å². The van der Waals surface area contributed by atoms with Crippen molar-refractivity contribution in [2.45, 2.75) is 25.8 Å². The molecule has 0 unspecified atom stereocenters. The van der Waals surface area contributed by atoms with Crippen LogP contribution in [0.4, 0.5) is 5.69 Å². The smallest absolute Gasteiger partial charge is 0.227 e. The standard InChI is InChI=1S/C24H27ClN4O2/c1-17-19(25)5-4-8-21(17)29-16-18(15-23(29)30)24-26-20-6-2-3-7-22(20)28(24)10-9-27-11-13-31-14-12-27/h2-8,18H,9-16H2,1H3/t18-/m0/s1. The third kappa shape index (κ3) is 3.95. The predicted molar refractivity (Wildman–Crippen MR) is 123 cm³/mol. The van der Waals surface area contributed by atoms with Crippen LogP contribution in [-0.4, -0.2) is 59.8 Å². The number of benzene rings is 2. The second-order valence-electron chi connectivity index (χ2n) is 8.35. The van der Waals surface area contributed by atoms with Gasteiger partial charge in [-0.25, -0.2) is 4.98 Å². The average Bonchev–Trinajstić information content (AvgIpc) is 3.35. The molecule has 0 saturated carbocycles. The first kappa shape index (κ1) is 20.5. The molecule has 0 radical (unpaired) electrons. The van der Waals surface area contributed by atoms with Gasteiger partial charge in [0.1, 0.15) is 5.82 Å². The van der Waals surface area contributed by atoms with Crippen LogP contribution >= 0.6 is 11.6 Å². The summed E-state index contributed by atoms with van der Waals surface area (Å²) in [6.07, 6.45) is 0.465. The lowest BCUT2D eigenvalue weighted by Gasteiger charge is -2.27. The summed E-state index contributed by atoms with van der Waals surface area (Å²) in [6, 6.07) is 14.0. The minimum atomic E-state index is 0.0583. The van der Waals surface area contributed by atoms with E-state index in [0.717, 1.165) is 67.5 Å². The molecule has 2 aliphatic heterocycles. The predicted octanol–water partition coefficient (Wildman–Crippen LogP) is 3.85. The van der Waals surface area contributed by atoms with Crippen LogP contribution in [0.2, 0.25) is 5.02 Å². The van der Waals surface area contributed by atoms with Crippen molar-refractivity contribution < 1.29 is 9.53 Å². The number of amides is 1. The number of rotatable bonds is 5. The first-order valence-corrected chi connectivity index (χ1v) is 11.3. The zero-order valence-electron chi connectivity index (χ0n) is 17.8. The van der Waals surface area contributed by atoms with Gasteiger partial charge in [-0.05, 0) is 36.8 Å². The minimum absolute atomic E-state index is 0.0583. The summed E-state index contributed by atoms with van der Waals surface area (Å²) in [7, 11) is 0. The minimum Gasteiger partial charge on any atom is -0.379 e. The lowest BCUT2D eigenvalue weighted by Crippen LogP contribution is -2.38. The zero-order chi connectivity index (χ0) is 21.4. The maximum Gasteiger partial charge on any atom is 0.227 e. The second kappa shape index (κ2) is 8.61. The maximum absolute atomic E-state index is 13.0. The number of carbonyl (C=O) groups excluding carboxylic acids is 1. The van der Waals surface area contributed by atoms with Crippen LogP contribution in [0.1, 0.15) is 23.7 Å². The highest BCUT2D eigenvalue weighted by molar-refractivity contribution is 6.31. The SMILES string of the molecule is Cc1c(Cl)cccc1N1C[C@@H](c2nc3ccccc3n2CCN2CCOCC2)CC1=O. The lowest BCUT2D eigenvalue weighted by atomic mass is 10.1. The van der Waals surface area contributed by atoms with Crippen molar-refractivity contribution in [2.24, 2.45) is 0 Å². The monoisotopic (exact) mass is 438 g/mol. The molecule has 2 fully saturated rings. The maximum atomic E-state index is 13.0. The second-order valence-corrected chi connectivity index (χ2v) is 8.76. The van der Waals surface area contributed by atoms with Crippen molar-refractivity contribution in [1.29, 1.82) is 0 Å². The molecule has 2 aromatic carbocycles. The highest BCUT2D eigenvalue weighted by atomic mass is 35.5. The Kier molecular flexibility index (Phi) is 5.69. The van der Waals surface area contributed by atoms with Crippen LogP contribution in [0, 0.1) is 6.92 Å². The molecule has 2 saturated heterocycles. The summed E-state index contributed by atoms with van der Waals surface area (Å²) in [5.41, 5.74) is 3.97. The highest BCUT2D eigenvalue weighted by Crippen LogP contribution is 2.36. The number of hydrogen-bond donors (Lipinski definition) is 0. The van der Waals surface area contributed by atoms with Gasteiger partial charge in [-0.3, -0.25) is 9.69 Å². The van der Waals surface area contributed by atoms with E-state index in [1.54, 1.807) is 0 Å². The number of fused-ring (bicyclic) bond motifs is 1. The first-order valence-electron chi connectivity index (χ1n) is 10.9. The number of nitrogens with zero attached hydrogens (tertiary/aromatic N) is 4. The molecule has 2 aliphatic rings. The number of ether oxygens (including phenoxy) is 1. The average molecular weight is 439 g/mol. The van der Waals surface area contributed by atoms with Crippen LogP contribution in [0.5, 0.6) is 0 Å². The Balaban J connectivity index is 1.44. The first-order chi connectivity index (χ1) is 15.1. The molecular formula is C24H27ClN4O2. The highest BCUT2D eigenvalue weighted by Gasteiger charge is 2.35. The summed E-state index contributed by atoms with van der Waals surface area (Å²) < 4.78 is 7.80. The quantitative estimate of drug-likeness (QED) is 0.607. The molecule has 0 aliphatic carbocycles. The molecule has 31 heavy (non-hydrogen) atoms. The van der Waals surface area contributed by atoms with Gasteiger partial charge in [-0.15, -0.1) is 0 Å². The number of hydrogen-bond acceptors (Lipinski definition) is 4. The lowest BCUT2D eigenvalue weighted by molar-refractivity contribution is -0.117. The number of halogens is 1. The van der Waals surface area contributed by atoms with E-state index in [-0.39, 0.29) is 11.8 Å². The molecule has 3 heterocycles. The fraction of sp³-hybridized carbons (Fsp3) is 0.417. The van der Waals surface area contributed by atoms with Gasteiger partial charge in [0.05, 0.1) is 24.2 Å². The number of imidazole rings is 1. The summed E-state index contributed by atoms with van der Waals surface area (Å²) >= 11 is 6.32. The van der Waals surface area contributed by atoms with Crippen LogP contribution in [0.25, 0.3) is 11.0 Å². The van der Waals surface area contributed by atoms with E-state index in [1.165, 1.54) is 0 Å². The molecule has 0 bridgehead atoms. The van der Waals surface area contributed by atoms with E-state index in [9.17, 15) is 4.79 Å². The van der Waals surface area contributed by atoms with Crippen LogP contribution in [0.15, 0.2) is 42.5 Å². The van der Waals surface area contributed by atoms with Gasteiger partial charge in [0, 0.05) is 55.8 Å². The fourth-order valence-electron chi connectivity index (χ4n) is 4.71. The summed E-state index contributed by atoms with van der Waals surface area (Å²) in [6.45, 7) is 7.92. The summed E-state index contributed by atoms with van der Waals surface area (Å²) in [4.78, 5) is 22.3. The van der Waals surface area contributed by atoms with Crippen molar-refractivity contribution in [1.82, 2.24) is 14.5 Å². The molecule has 5 rings (SSSR count). The molecule has 6 nitrogen and oxygen atoms in total. The van der Waals surface area contributed by atoms with Crippen LogP contribution in [-0.2, 0) is 16.1 Å². The van der Waals surface area contributed by atoms with Gasteiger partial charge < -0.3 is 14.2 Å². The van der Waals surface area contributed by atoms with Crippen LogP contribution < -0.4 is 4.90 Å². The molecule has 1 aromatic heterocycles. The Morgan fingerprint density at radius 2 is 1.90 bits per heavy atom. The fourth-order valence-corrected chi connectivity index (χ4v) is 4.88. The third-order valence-corrected chi connectivity index (χ3v) is 6.86. The Morgan fingerprint density at radius 3 is 2.74 bits per heavy atom. The third-order valence-electron chi connectivity index (χ3n) is 6.45. The number of carbonyl (C=O) groups is 1.